The summed E-state index contributed by atoms with van der Waals surface area (Å²) >= 11 is 0. The van der Waals surface area contributed by atoms with Crippen molar-refractivity contribution in [1.29, 1.82) is 0 Å². The van der Waals surface area contributed by atoms with E-state index in [2.05, 4.69) is 22.3 Å². The molecule has 0 atom stereocenters. The van der Waals surface area contributed by atoms with Crippen LogP contribution in [0.15, 0.2) is 24.3 Å². The van der Waals surface area contributed by atoms with Gasteiger partial charge in [0.15, 0.2) is 0 Å². The molecule has 5 nitrogen and oxygen atoms in total. The lowest BCUT2D eigenvalue weighted by atomic mass is 9.90. The minimum atomic E-state index is -0.357. The molecule has 2 saturated heterocycles. The van der Waals surface area contributed by atoms with Gasteiger partial charge >= 0.3 is 0 Å². The third-order valence-electron chi connectivity index (χ3n) is 5.84. The van der Waals surface area contributed by atoms with Crippen molar-refractivity contribution in [3.05, 3.63) is 29.8 Å². The van der Waals surface area contributed by atoms with Crippen molar-refractivity contribution in [2.45, 2.75) is 59.4 Å². The van der Waals surface area contributed by atoms with E-state index in [-0.39, 0.29) is 23.1 Å². The maximum Gasteiger partial charge on any atom is 0.227 e. The highest BCUT2D eigenvalue weighted by Crippen LogP contribution is 2.25. The molecule has 5 heteroatoms. The van der Waals surface area contributed by atoms with Crippen LogP contribution in [0.5, 0.6) is 0 Å². The molecule has 0 bridgehead atoms. The number of hydrogen-bond acceptors (Lipinski definition) is 3. The fraction of sp³-hybridized carbons (Fsp3) is 0.652. The van der Waals surface area contributed by atoms with Crippen LogP contribution in [-0.2, 0) is 16.1 Å². The maximum absolute atomic E-state index is 12.7. The minimum Gasteiger partial charge on any atom is -0.342 e. The van der Waals surface area contributed by atoms with Crippen LogP contribution in [0.2, 0.25) is 0 Å². The van der Waals surface area contributed by atoms with Crippen LogP contribution in [0.1, 0.15) is 58.4 Å². The van der Waals surface area contributed by atoms with Gasteiger partial charge in [0, 0.05) is 36.7 Å². The summed E-state index contributed by atoms with van der Waals surface area (Å²) in [5.74, 6) is 0.240. The van der Waals surface area contributed by atoms with Crippen LogP contribution in [0.3, 0.4) is 0 Å². The van der Waals surface area contributed by atoms with Gasteiger partial charge in [0.1, 0.15) is 0 Å². The summed E-state index contributed by atoms with van der Waals surface area (Å²) in [6.07, 6.45) is 5.38. The zero-order valence-electron chi connectivity index (χ0n) is 17.7. The number of nitrogens with zero attached hydrogens (tertiary/aromatic N) is 2. The third-order valence-corrected chi connectivity index (χ3v) is 5.84. The van der Waals surface area contributed by atoms with Gasteiger partial charge in [-0.2, -0.15) is 0 Å². The number of benzene rings is 1. The number of nitrogens with one attached hydrogen (secondary N) is 1. The monoisotopic (exact) mass is 385 g/mol. The molecule has 2 amide bonds. The molecule has 28 heavy (non-hydrogen) atoms. The first-order valence-electron chi connectivity index (χ1n) is 10.7. The topological polar surface area (TPSA) is 52.7 Å². The van der Waals surface area contributed by atoms with Crippen LogP contribution in [0.25, 0.3) is 0 Å². The van der Waals surface area contributed by atoms with Gasteiger partial charge < -0.3 is 10.2 Å². The van der Waals surface area contributed by atoms with Crippen LogP contribution < -0.4 is 5.32 Å². The summed E-state index contributed by atoms with van der Waals surface area (Å²) in [6.45, 7) is 10.5. The molecule has 0 aliphatic carbocycles. The summed E-state index contributed by atoms with van der Waals surface area (Å²) in [4.78, 5) is 29.5. The lowest BCUT2D eigenvalue weighted by molar-refractivity contribution is -0.142. The van der Waals surface area contributed by atoms with Gasteiger partial charge in [0.2, 0.25) is 11.8 Å². The van der Waals surface area contributed by atoms with Crippen molar-refractivity contribution >= 4 is 17.5 Å². The van der Waals surface area contributed by atoms with Crippen molar-refractivity contribution < 1.29 is 9.59 Å². The molecular formula is C23H35N3O2. The van der Waals surface area contributed by atoms with Crippen molar-refractivity contribution in [3.63, 3.8) is 0 Å². The van der Waals surface area contributed by atoms with E-state index in [0.717, 1.165) is 25.1 Å². The van der Waals surface area contributed by atoms with Gasteiger partial charge in [0.25, 0.3) is 0 Å². The number of hydrogen-bond donors (Lipinski definition) is 1. The number of amides is 2. The Morgan fingerprint density at radius 3 is 2.36 bits per heavy atom. The Labute approximate surface area is 169 Å². The van der Waals surface area contributed by atoms with Crippen LogP contribution in [0.4, 0.5) is 5.69 Å². The zero-order chi connectivity index (χ0) is 20.1. The molecule has 0 radical (unpaired) electrons. The molecule has 0 spiro atoms. The number of carbonyl (C=O) groups excluding carboxylic acids is 2. The third kappa shape index (κ3) is 5.57. The van der Waals surface area contributed by atoms with E-state index >= 15 is 0 Å². The van der Waals surface area contributed by atoms with Crippen LogP contribution >= 0.6 is 0 Å². The van der Waals surface area contributed by atoms with Crippen molar-refractivity contribution in [1.82, 2.24) is 9.80 Å². The fourth-order valence-corrected chi connectivity index (χ4v) is 4.19. The second-order valence-corrected chi connectivity index (χ2v) is 9.34. The maximum atomic E-state index is 12.7. The van der Waals surface area contributed by atoms with E-state index in [0.29, 0.717) is 13.1 Å². The molecule has 0 saturated carbocycles. The number of rotatable bonds is 4. The summed E-state index contributed by atoms with van der Waals surface area (Å²) < 4.78 is 0. The molecule has 1 aromatic carbocycles. The molecule has 0 unspecified atom stereocenters. The van der Waals surface area contributed by atoms with E-state index in [4.69, 9.17) is 0 Å². The summed E-state index contributed by atoms with van der Waals surface area (Å²) in [7, 11) is 0. The molecule has 2 aliphatic heterocycles. The average molecular weight is 386 g/mol. The van der Waals surface area contributed by atoms with Gasteiger partial charge in [-0.05, 0) is 56.5 Å². The fourth-order valence-electron chi connectivity index (χ4n) is 4.19. The van der Waals surface area contributed by atoms with Gasteiger partial charge in [-0.15, -0.1) is 0 Å². The molecule has 0 aromatic heterocycles. The number of likely N-dealkylation sites (tertiary alicyclic amines) is 2. The molecular weight excluding hydrogens is 350 g/mol. The lowest BCUT2D eigenvalue weighted by Gasteiger charge is -2.35. The van der Waals surface area contributed by atoms with Crippen LogP contribution in [-0.4, -0.2) is 47.8 Å². The van der Waals surface area contributed by atoms with Crippen molar-refractivity contribution in [2.24, 2.45) is 11.3 Å². The SMILES string of the molecule is CC(C)(C)C(=O)N1CCC(C(=O)Nc2cccc(CN3CCCCC3)c2)CC1. The summed E-state index contributed by atoms with van der Waals surface area (Å²) in [5, 5.41) is 3.10. The molecule has 2 aliphatic rings. The zero-order valence-corrected chi connectivity index (χ0v) is 17.7. The Bertz CT molecular complexity index is 681. The number of piperidine rings is 2. The smallest absolute Gasteiger partial charge is 0.227 e. The first-order chi connectivity index (χ1) is 13.3. The Kier molecular flexibility index (Phi) is 6.76. The second kappa shape index (κ2) is 9.08. The highest BCUT2D eigenvalue weighted by Gasteiger charge is 2.32. The number of carbonyl (C=O) groups is 2. The minimum absolute atomic E-state index is 0.0187. The highest BCUT2D eigenvalue weighted by molar-refractivity contribution is 5.93. The quantitative estimate of drug-likeness (QED) is 0.855. The predicted octanol–water partition coefficient (Wildman–Crippen LogP) is 3.90. The largest absolute Gasteiger partial charge is 0.342 e. The second-order valence-electron chi connectivity index (χ2n) is 9.34. The first kappa shape index (κ1) is 20.8. The molecule has 2 heterocycles. The summed E-state index contributed by atoms with van der Waals surface area (Å²) in [6, 6.07) is 8.24. The Hall–Kier alpha value is -1.88. The summed E-state index contributed by atoms with van der Waals surface area (Å²) in [5.41, 5.74) is 1.78. The van der Waals surface area contributed by atoms with Gasteiger partial charge in [-0.25, -0.2) is 0 Å². The van der Waals surface area contributed by atoms with Gasteiger partial charge in [-0.3, -0.25) is 14.5 Å². The molecule has 1 N–H and O–H groups in total. The Morgan fingerprint density at radius 2 is 1.71 bits per heavy atom. The number of anilines is 1. The van der Waals surface area contributed by atoms with Gasteiger partial charge in [-0.1, -0.05) is 39.3 Å². The standard InChI is InChI=1S/C23H35N3O2/c1-23(2,3)22(28)26-14-10-19(11-15-26)21(27)24-20-9-7-8-18(16-20)17-25-12-5-4-6-13-25/h7-9,16,19H,4-6,10-15,17H2,1-3H3,(H,24,27). The van der Waals surface area contributed by atoms with E-state index < -0.39 is 0 Å². The molecule has 2 fully saturated rings. The Balaban J connectivity index is 1.51. The Morgan fingerprint density at radius 1 is 1.04 bits per heavy atom. The predicted molar refractivity (Wildman–Crippen MR) is 113 cm³/mol. The van der Waals surface area contributed by atoms with E-state index in [1.54, 1.807) is 0 Å². The normalized spacial score (nSPS) is 19.5. The van der Waals surface area contributed by atoms with E-state index in [1.807, 2.05) is 37.8 Å². The first-order valence-corrected chi connectivity index (χ1v) is 10.7. The highest BCUT2D eigenvalue weighted by atomic mass is 16.2. The van der Waals surface area contributed by atoms with Crippen molar-refractivity contribution in [2.75, 3.05) is 31.5 Å². The van der Waals surface area contributed by atoms with E-state index in [1.165, 1.54) is 37.9 Å². The molecule has 3 rings (SSSR count). The van der Waals surface area contributed by atoms with E-state index in [9.17, 15) is 9.59 Å². The van der Waals surface area contributed by atoms with Crippen LogP contribution in [0, 0.1) is 11.3 Å². The molecule has 154 valence electrons. The average Bonchev–Trinajstić information content (AvgIpc) is 2.68. The lowest BCUT2D eigenvalue weighted by Crippen LogP contribution is -2.45. The molecule has 1 aromatic rings. The van der Waals surface area contributed by atoms with Gasteiger partial charge in [0.05, 0.1) is 0 Å². The van der Waals surface area contributed by atoms with Crippen molar-refractivity contribution in [3.8, 4) is 0 Å².